The molecule has 3 heteroatoms. The third kappa shape index (κ3) is 8.49. The van der Waals surface area contributed by atoms with Crippen molar-refractivity contribution in [3.05, 3.63) is 130 Å². The van der Waals surface area contributed by atoms with Gasteiger partial charge in [0.2, 0.25) is 8.07 Å². The molecule has 0 aliphatic rings. The molecular formula is C36H28O2Si. The van der Waals surface area contributed by atoms with Gasteiger partial charge in [0, 0.05) is 33.4 Å². The van der Waals surface area contributed by atoms with Gasteiger partial charge < -0.3 is 9.47 Å². The predicted octanol–water partition coefficient (Wildman–Crippen LogP) is 6.69. The van der Waals surface area contributed by atoms with Crippen molar-refractivity contribution in [3.63, 3.8) is 0 Å². The molecule has 0 aromatic heterocycles. The fourth-order valence-corrected chi connectivity index (χ4v) is 4.38. The lowest BCUT2D eigenvalue weighted by Crippen LogP contribution is -2.21. The van der Waals surface area contributed by atoms with Gasteiger partial charge in [-0.1, -0.05) is 35.5 Å². The molecule has 0 radical (unpaired) electrons. The monoisotopic (exact) mass is 520 g/mol. The molecule has 4 aromatic rings. The number of ether oxygens (including phenoxy) is 2. The standard InChI is InChI=1S/C36H28O2Si/c1-37-35-21-17-31(18-22-35)7-5-29-9-13-33(14-10-29)25-27-39(3,4)28-26-34-15-11-30(12-16-34)6-8-32-19-23-36(38-2)24-20-32/h9-24H,1-4H3. The van der Waals surface area contributed by atoms with Crippen molar-refractivity contribution in [3.8, 4) is 58.1 Å². The first kappa shape index (κ1) is 27.0. The molecule has 0 amide bonds. The molecule has 0 aliphatic heterocycles. The lowest BCUT2D eigenvalue weighted by molar-refractivity contribution is 0.414. The van der Waals surface area contributed by atoms with Crippen molar-refractivity contribution < 1.29 is 9.47 Å². The Morgan fingerprint density at radius 1 is 0.385 bits per heavy atom. The second-order valence-corrected chi connectivity index (χ2v) is 13.0. The van der Waals surface area contributed by atoms with Crippen LogP contribution in [0.25, 0.3) is 0 Å². The summed E-state index contributed by atoms with van der Waals surface area (Å²) in [6.45, 7) is 4.33. The summed E-state index contributed by atoms with van der Waals surface area (Å²) in [6, 6.07) is 31.5. The lowest BCUT2D eigenvalue weighted by Gasteiger charge is -2.04. The maximum atomic E-state index is 5.19. The number of methoxy groups -OCH3 is 2. The third-order valence-electron chi connectivity index (χ3n) is 5.69. The fourth-order valence-electron chi connectivity index (χ4n) is 3.40. The minimum absolute atomic E-state index is 0.823. The van der Waals surface area contributed by atoms with E-state index in [0.29, 0.717) is 0 Å². The lowest BCUT2D eigenvalue weighted by atomic mass is 10.1. The molecule has 0 saturated carbocycles. The van der Waals surface area contributed by atoms with Gasteiger partial charge >= 0.3 is 0 Å². The number of hydrogen-bond acceptors (Lipinski definition) is 2. The third-order valence-corrected chi connectivity index (χ3v) is 7.19. The summed E-state index contributed by atoms with van der Waals surface area (Å²) in [4.78, 5) is 0. The van der Waals surface area contributed by atoms with Crippen molar-refractivity contribution >= 4 is 8.07 Å². The van der Waals surface area contributed by atoms with Gasteiger partial charge in [-0.25, -0.2) is 0 Å². The van der Waals surface area contributed by atoms with Gasteiger partial charge in [0.25, 0.3) is 0 Å². The molecule has 188 valence electrons. The molecule has 0 fully saturated rings. The molecule has 0 aliphatic carbocycles. The van der Waals surface area contributed by atoms with Crippen LogP contribution >= 0.6 is 0 Å². The Morgan fingerprint density at radius 2 is 0.615 bits per heavy atom. The van der Waals surface area contributed by atoms with Crippen molar-refractivity contribution in [2.24, 2.45) is 0 Å². The molecule has 0 N–H and O–H groups in total. The van der Waals surface area contributed by atoms with Crippen LogP contribution in [0.4, 0.5) is 0 Å². The zero-order chi connectivity index (χ0) is 27.5. The summed E-state index contributed by atoms with van der Waals surface area (Å²) in [5, 5.41) is 0. The van der Waals surface area contributed by atoms with Crippen molar-refractivity contribution in [2.45, 2.75) is 13.1 Å². The van der Waals surface area contributed by atoms with E-state index in [2.05, 4.69) is 59.7 Å². The number of benzene rings is 4. The van der Waals surface area contributed by atoms with Crippen molar-refractivity contribution in [2.75, 3.05) is 14.2 Å². The van der Waals surface area contributed by atoms with Crippen molar-refractivity contribution in [1.29, 1.82) is 0 Å². The van der Waals surface area contributed by atoms with Crippen LogP contribution in [-0.4, -0.2) is 22.3 Å². The summed E-state index contributed by atoms with van der Waals surface area (Å²) in [7, 11) is 1.28. The summed E-state index contributed by atoms with van der Waals surface area (Å²) in [5.41, 5.74) is 12.6. The molecule has 4 aromatic carbocycles. The Balaban J connectivity index is 1.37. The second kappa shape index (κ2) is 12.9. The van der Waals surface area contributed by atoms with Crippen LogP contribution in [0.2, 0.25) is 13.1 Å². The quantitative estimate of drug-likeness (QED) is 0.216. The molecule has 2 nitrogen and oxygen atoms in total. The Morgan fingerprint density at radius 3 is 0.872 bits per heavy atom. The molecule has 0 heterocycles. The molecule has 39 heavy (non-hydrogen) atoms. The number of rotatable bonds is 2. The van der Waals surface area contributed by atoms with Gasteiger partial charge in [-0.2, -0.15) is 0 Å². The minimum Gasteiger partial charge on any atom is -0.497 e. The molecule has 0 spiro atoms. The molecular weight excluding hydrogens is 492 g/mol. The highest BCUT2D eigenvalue weighted by Gasteiger charge is 2.13. The molecule has 0 bridgehead atoms. The highest BCUT2D eigenvalue weighted by molar-refractivity contribution is 6.92. The number of hydrogen-bond donors (Lipinski definition) is 0. The summed E-state index contributed by atoms with van der Waals surface area (Å²) < 4.78 is 10.4. The highest BCUT2D eigenvalue weighted by atomic mass is 28.3. The average molecular weight is 521 g/mol. The van der Waals surface area contributed by atoms with E-state index >= 15 is 0 Å². The van der Waals surface area contributed by atoms with E-state index in [0.717, 1.165) is 44.9 Å². The Bertz CT molecular complexity index is 1540. The van der Waals surface area contributed by atoms with E-state index in [4.69, 9.17) is 9.47 Å². The van der Waals surface area contributed by atoms with Gasteiger partial charge in [-0.05, 0) is 110 Å². The fraction of sp³-hybridized carbons (Fsp3) is 0.111. The second-order valence-electron chi connectivity index (χ2n) is 9.24. The van der Waals surface area contributed by atoms with Gasteiger partial charge in [0.05, 0.1) is 14.2 Å². The van der Waals surface area contributed by atoms with Crippen LogP contribution in [-0.2, 0) is 0 Å². The molecule has 0 saturated heterocycles. The van der Waals surface area contributed by atoms with E-state index in [9.17, 15) is 0 Å². The normalized spacial score (nSPS) is 9.74. The minimum atomic E-state index is -2.03. The zero-order valence-corrected chi connectivity index (χ0v) is 23.6. The largest absolute Gasteiger partial charge is 0.497 e. The van der Waals surface area contributed by atoms with E-state index in [1.54, 1.807) is 14.2 Å². The summed E-state index contributed by atoms with van der Waals surface area (Å²) in [5.74, 6) is 21.0. The smallest absolute Gasteiger partial charge is 0.211 e. The zero-order valence-electron chi connectivity index (χ0n) is 22.6. The van der Waals surface area contributed by atoms with Crippen LogP contribution < -0.4 is 9.47 Å². The van der Waals surface area contributed by atoms with Gasteiger partial charge in [-0.15, -0.1) is 11.1 Å². The van der Waals surface area contributed by atoms with Gasteiger partial charge in [-0.3, -0.25) is 0 Å². The van der Waals surface area contributed by atoms with E-state index in [1.165, 1.54) is 0 Å². The van der Waals surface area contributed by atoms with E-state index in [1.807, 2.05) is 97.1 Å². The van der Waals surface area contributed by atoms with Crippen molar-refractivity contribution in [1.82, 2.24) is 0 Å². The predicted molar refractivity (Wildman–Crippen MR) is 162 cm³/mol. The van der Waals surface area contributed by atoms with Gasteiger partial charge in [0.15, 0.2) is 0 Å². The first-order valence-corrected chi connectivity index (χ1v) is 15.5. The first-order chi connectivity index (χ1) is 18.9. The SMILES string of the molecule is COc1ccc(C#Cc2ccc(C#C[Si](C)(C)C#Cc3ccc(C#Cc4ccc(OC)cc4)cc3)cc2)cc1. The Kier molecular flexibility index (Phi) is 8.96. The van der Waals surface area contributed by atoms with Crippen LogP contribution in [0.15, 0.2) is 97.1 Å². The first-order valence-electron chi connectivity index (χ1n) is 12.5. The topological polar surface area (TPSA) is 18.5 Å². The van der Waals surface area contributed by atoms with E-state index in [-0.39, 0.29) is 0 Å². The van der Waals surface area contributed by atoms with E-state index < -0.39 is 8.07 Å². The summed E-state index contributed by atoms with van der Waals surface area (Å²) >= 11 is 0. The molecule has 0 atom stereocenters. The van der Waals surface area contributed by atoms with Gasteiger partial charge in [0.1, 0.15) is 11.5 Å². The average Bonchev–Trinajstić information content (AvgIpc) is 2.98. The Hall–Kier alpha value is -5.06. The van der Waals surface area contributed by atoms with Crippen LogP contribution in [0.3, 0.4) is 0 Å². The summed E-state index contributed by atoms with van der Waals surface area (Å²) in [6.07, 6.45) is 0. The molecule has 0 unspecified atom stereocenters. The van der Waals surface area contributed by atoms with Crippen LogP contribution in [0.5, 0.6) is 11.5 Å². The maximum absolute atomic E-state index is 5.19. The molecule has 4 rings (SSSR count). The Labute approximate surface area is 233 Å². The van der Waals surface area contributed by atoms with Crippen LogP contribution in [0.1, 0.15) is 33.4 Å². The van der Waals surface area contributed by atoms with Crippen LogP contribution in [0, 0.1) is 46.6 Å². The maximum Gasteiger partial charge on any atom is 0.211 e. The highest BCUT2D eigenvalue weighted by Crippen LogP contribution is 2.12.